The van der Waals surface area contributed by atoms with E-state index in [2.05, 4.69) is 15.5 Å². The Balaban J connectivity index is 2.65. The average Bonchev–Trinajstić information content (AvgIpc) is 1.79. The second kappa shape index (κ2) is 2.59. The van der Waals surface area contributed by atoms with Crippen LogP contribution >= 0.6 is 20.7 Å². The molecule has 9 heavy (non-hydrogen) atoms. The third-order valence-electron chi connectivity index (χ3n) is 1.25. The van der Waals surface area contributed by atoms with Crippen molar-refractivity contribution < 1.29 is 9.05 Å². The fraction of sp³-hybridized carbons (Fsp3) is 1.00. The second-order valence-corrected chi connectivity index (χ2v) is 8.99. The third kappa shape index (κ3) is 1.99. The van der Waals surface area contributed by atoms with E-state index in [0.717, 1.165) is 0 Å². The quantitative estimate of drug-likeness (QED) is 0.596. The molecule has 1 aliphatic rings. The Hall–Kier alpha value is 1.05. The van der Waals surface area contributed by atoms with Gasteiger partial charge in [0.2, 0.25) is 0 Å². The van der Waals surface area contributed by atoms with Crippen molar-refractivity contribution in [1.29, 1.82) is 0 Å². The maximum absolute atomic E-state index is 5.28. The van der Waals surface area contributed by atoms with Crippen LogP contribution in [0, 0.1) is 0 Å². The van der Waals surface area contributed by atoms with E-state index in [9.17, 15) is 0 Å². The number of rotatable bonds is 0. The zero-order chi connectivity index (χ0) is 7.07. The topological polar surface area (TPSA) is 18.5 Å². The van der Waals surface area contributed by atoms with Crippen LogP contribution in [0.3, 0.4) is 0 Å². The van der Waals surface area contributed by atoms with Crippen LogP contribution < -0.4 is 0 Å². The summed E-state index contributed by atoms with van der Waals surface area (Å²) in [5.41, 5.74) is 0. The predicted octanol–water partition coefficient (Wildman–Crippen LogP) is 2.43. The molecule has 0 aliphatic carbocycles. The smallest absolute Gasteiger partial charge is 0.256 e. The first-order valence-electron chi connectivity index (χ1n) is 2.68. The second-order valence-electron chi connectivity index (χ2n) is 2.05. The minimum atomic E-state index is -2.01. The highest BCUT2D eigenvalue weighted by Crippen LogP contribution is 2.62. The molecule has 0 bridgehead atoms. The van der Waals surface area contributed by atoms with Crippen molar-refractivity contribution in [3.05, 3.63) is 0 Å². The molecule has 5 heteroatoms. The van der Waals surface area contributed by atoms with Crippen molar-refractivity contribution in [2.24, 2.45) is 0 Å². The normalized spacial score (nSPS) is 51.9. The van der Waals surface area contributed by atoms with Crippen molar-refractivity contribution in [2.75, 3.05) is 0 Å². The first-order valence-corrected chi connectivity index (χ1v) is 7.33. The lowest BCUT2D eigenvalue weighted by Crippen LogP contribution is -2.13. The van der Waals surface area contributed by atoms with E-state index in [-0.39, 0.29) is 12.2 Å². The van der Waals surface area contributed by atoms with Gasteiger partial charge in [0.05, 0.1) is 12.2 Å². The van der Waals surface area contributed by atoms with Crippen LogP contribution in [0.2, 0.25) is 0 Å². The molecule has 0 radical (unpaired) electrons. The van der Waals surface area contributed by atoms with E-state index >= 15 is 0 Å². The third-order valence-corrected chi connectivity index (χ3v) is 3.93. The van der Waals surface area contributed by atoms with Crippen LogP contribution in [0.15, 0.2) is 0 Å². The fourth-order valence-corrected chi connectivity index (χ4v) is 4.18. The van der Waals surface area contributed by atoms with Gasteiger partial charge in [-0.15, -0.1) is 0 Å². The van der Waals surface area contributed by atoms with Gasteiger partial charge >= 0.3 is 0 Å². The monoisotopic (exact) mass is 230 g/mol. The molecule has 0 amide bonds. The van der Waals surface area contributed by atoms with Crippen molar-refractivity contribution in [2.45, 2.75) is 26.1 Å². The molecular formula is C4H8BrO2PS. The molecule has 1 fully saturated rings. The van der Waals surface area contributed by atoms with Gasteiger partial charge in [0.25, 0.3) is 5.19 Å². The van der Waals surface area contributed by atoms with Gasteiger partial charge < -0.3 is 9.05 Å². The molecule has 0 spiro atoms. The first kappa shape index (κ1) is 8.15. The lowest BCUT2D eigenvalue weighted by molar-refractivity contribution is 0.187. The van der Waals surface area contributed by atoms with Gasteiger partial charge in [-0.05, 0) is 25.7 Å². The molecule has 1 heterocycles. The number of hydrogen-bond donors (Lipinski definition) is 0. The van der Waals surface area contributed by atoms with Crippen LogP contribution in [0.5, 0.6) is 0 Å². The van der Waals surface area contributed by atoms with E-state index in [1.807, 2.05) is 13.8 Å². The van der Waals surface area contributed by atoms with Gasteiger partial charge in [-0.25, -0.2) is 0 Å². The maximum Gasteiger partial charge on any atom is 0.256 e. The largest absolute Gasteiger partial charge is 0.316 e. The van der Waals surface area contributed by atoms with Gasteiger partial charge in [0, 0.05) is 15.5 Å². The zero-order valence-corrected chi connectivity index (χ0v) is 8.50. The van der Waals surface area contributed by atoms with Crippen molar-refractivity contribution in [3.63, 3.8) is 0 Å². The molecule has 3 atom stereocenters. The molecule has 0 N–H and O–H groups in total. The Kier molecular flexibility index (Phi) is 2.34. The summed E-state index contributed by atoms with van der Waals surface area (Å²) in [5.74, 6) is 0. The van der Waals surface area contributed by atoms with Crippen molar-refractivity contribution in [1.82, 2.24) is 0 Å². The van der Waals surface area contributed by atoms with Gasteiger partial charge in [0.1, 0.15) is 0 Å². The van der Waals surface area contributed by atoms with Crippen LogP contribution in [0.25, 0.3) is 0 Å². The Morgan fingerprint density at radius 3 is 1.78 bits per heavy atom. The molecule has 0 aromatic rings. The predicted molar refractivity (Wildman–Crippen MR) is 44.3 cm³/mol. The minimum Gasteiger partial charge on any atom is -0.316 e. The Labute approximate surface area is 67.8 Å². The summed E-state index contributed by atoms with van der Waals surface area (Å²) in [6.07, 6.45) is 0.269. The summed E-state index contributed by atoms with van der Waals surface area (Å²) >= 11 is 8.15. The summed E-state index contributed by atoms with van der Waals surface area (Å²) in [7, 11) is 0. The van der Waals surface area contributed by atoms with Gasteiger partial charge in [-0.1, -0.05) is 0 Å². The molecule has 0 aromatic carbocycles. The van der Waals surface area contributed by atoms with Crippen molar-refractivity contribution in [3.8, 4) is 0 Å². The Morgan fingerprint density at radius 2 is 1.67 bits per heavy atom. The maximum atomic E-state index is 5.28. The van der Waals surface area contributed by atoms with Gasteiger partial charge in [0.15, 0.2) is 0 Å². The summed E-state index contributed by atoms with van der Waals surface area (Å²) in [5, 5.41) is -2.01. The molecule has 1 saturated heterocycles. The van der Waals surface area contributed by atoms with Crippen LogP contribution in [-0.2, 0) is 20.9 Å². The number of hydrogen-bond acceptors (Lipinski definition) is 3. The summed E-state index contributed by atoms with van der Waals surface area (Å²) in [6, 6.07) is 0. The fourth-order valence-electron chi connectivity index (χ4n) is 0.593. The molecular weight excluding hydrogens is 223 g/mol. The highest BCUT2D eigenvalue weighted by molar-refractivity contribution is 9.42. The van der Waals surface area contributed by atoms with E-state index in [1.165, 1.54) is 0 Å². The number of halogens is 1. The Bertz CT molecular complexity index is 149. The summed E-state index contributed by atoms with van der Waals surface area (Å²) < 4.78 is 10.6. The first-order chi connectivity index (χ1) is 4.01. The Morgan fingerprint density at radius 1 is 1.33 bits per heavy atom. The standard InChI is InChI=1S/C4H8BrO2PS/c1-3-4(2)7-8(5,9)6-3/h3-4H,1-2H3/t3-,4+,8?. The molecule has 0 aromatic heterocycles. The highest BCUT2D eigenvalue weighted by Gasteiger charge is 2.33. The lowest BCUT2D eigenvalue weighted by Gasteiger charge is -2.01. The van der Waals surface area contributed by atoms with E-state index in [4.69, 9.17) is 20.9 Å². The molecule has 1 unspecified atom stereocenters. The highest BCUT2D eigenvalue weighted by atomic mass is 79.9. The van der Waals surface area contributed by atoms with Gasteiger partial charge in [-0.3, -0.25) is 0 Å². The molecule has 2 nitrogen and oxygen atoms in total. The van der Waals surface area contributed by atoms with Crippen LogP contribution in [0.4, 0.5) is 0 Å². The van der Waals surface area contributed by atoms with E-state index < -0.39 is 5.19 Å². The molecule has 54 valence electrons. The van der Waals surface area contributed by atoms with Crippen molar-refractivity contribution >= 4 is 32.5 Å². The lowest BCUT2D eigenvalue weighted by atomic mass is 10.3. The average molecular weight is 231 g/mol. The summed E-state index contributed by atoms with van der Waals surface area (Å²) in [6.45, 7) is 3.92. The molecule has 1 aliphatic heterocycles. The minimum absolute atomic E-state index is 0.134. The van der Waals surface area contributed by atoms with Gasteiger partial charge in [-0.2, -0.15) is 0 Å². The van der Waals surface area contributed by atoms with E-state index in [0.29, 0.717) is 0 Å². The van der Waals surface area contributed by atoms with Crippen LogP contribution in [-0.4, -0.2) is 12.2 Å². The molecule has 0 saturated carbocycles. The van der Waals surface area contributed by atoms with E-state index in [1.54, 1.807) is 0 Å². The SMILES string of the molecule is C[C@@H]1OP(=S)(Br)O[C@@H]1C. The zero-order valence-electron chi connectivity index (χ0n) is 5.20. The molecule has 1 rings (SSSR count). The summed E-state index contributed by atoms with van der Waals surface area (Å²) in [4.78, 5) is 0. The van der Waals surface area contributed by atoms with Crippen LogP contribution in [0.1, 0.15) is 13.8 Å².